The molecule has 1 aromatic rings. The average molecular weight is 161 g/mol. The van der Waals surface area contributed by atoms with Crippen LogP contribution in [0.1, 0.15) is 19.4 Å². The van der Waals surface area contributed by atoms with E-state index in [4.69, 9.17) is 0 Å². The monoisotopic (exact) mass is 161 g/mol. The van der Waals surface area contributed by atoms with Gasteiger partial charge in [-0.3, -0.25) is 4.99 Å². The normalized spacial score (nSPS) is 11.2. The molecule has 0 fully saturated rings. The first-order valence-electron chi connectivity index (χ1n) is 4.34. The van der Waals surface area contributed by atoms with Crippen LogP contribution in [-0.4, -0.2) is 12.8 Å². The summed E-state index contributed by atoms with van der Waals surface area (Å²) in [6.07, 6.45) is 1.93. The van der Waals surface area contributed by atoms with Gasteiger partial charge in [0.25, 0.3) is 0 Å². The van der Waals surface area contributed by atoms with Crippen molar-refractivity contribution in [2.45, 2.75) is 13.8 Å². The second kappa shape index (κ2) is 4.70. The van der Waals surface area contributed by atoms with Crippen LogP contribution >= 0.6 is 0 Å². The van der Waals surface area contributed by atoms with Crippen molar-refractivity contribution in [1.29, 1.82) is 0 Å². The Morgan fingerprint density at radius 1 is 1.25 bits per heavy atom. The van der Waals surface area contributed by atoms with Gasteiger partial charge in [-0.05, 0) is 11.5 Å². The molecule has 0 saturated heterocycles. The van der Waals surface area contributed by atoms with Crippen LogP contribution in [0, 0.1) is 5.92 Å². The van der Waals surface area contributed by atoms with Crippen molar-refractivity contribution in [2.75, 3.05) is 6.54 Å². The van der Waals surface area contributed by atoms with Crippen LogP contribution in [0.25, 0.3) is 0 Å². The fraction of sp³-hybridized carbons (Fsp3) is 0.364. The molecule has 64 valence electrons. The molecular formula is C11H15N. The lowest BCUT2D eigenvalue weighted by Crippen LogP contribution is -1.92. The Morgan fingerprint density at radius 3 is 2.50 bits per heavy atom. The summed E-state index contributed by atoms with van der Waals surface area (Å²) in [6.45, 7) is 5.25. The van der Waals surface area contributed by atoms with Crippen molar-refractivity contribution in [3.05, 3.63) is 35.9 Å². The molecule has 1 aromatic carbocycles. The van der Waals surface area contributed by atoms with E-state index >= 15 is 0 Å². The van der Waals surface area contributed by atoms with Gasteiger partial charge in [-0.15, -0.1) is 0 Å². The van der Waals surface area contributed by atoms with E-state index < -0.39 is 0 Å². The fourth-order valence-corrected chi connectivity index (χ4v) is 0.908. The van der Waals surface area contributed by atoms with Gasteiger partial charge in [0.2, 0.25) is 0 Å². The third-order valence-corrected chi connectivity index (χ3v) is 1.51. The maximum Gasteiger partial charge on any atom is 0.0412 e. The smallest absolute Gasteiger partial charge is 0.0412 e. The zero-order valence-corrected chi connectivity index (χ0v) is 7.70. The lowest BCUT2D eigenvalue weighted by Gasteiger charge is -1.96. The van der Waals surface area contributed by atoms with Gasteiger partial charge in [0.15, 0.2) is 0 Å². The fourth-order valence-electron chi connectivity index (χ4n) is 0.908. The van der Waals surface area contributed by atoms with E-state index in [2.05, 4.69) is 31.0 Å². The topological polar surface area (TPSA) is 12.4 Å². The first kappa shape index (κ1) is 8.98. The van der Waals surface area contributed by atoms with Crippen molar-refractivity contribution in [3.8, 4) is 0 Å². The molecule has 0 spiro atoms. The molecule has 1 heteroatoms. The number of benzene rings is 1. The number of aliphatic imine (C=N–C) groups is 1. The van der Waals surface area contributed by atoms with Crippen LogP contribution in [0.3, 0.4) is 0 Å². The van der Waals surface area contributed by atoms with Crippen LogP contribution in [0.4, 0.5) is 0 Å². The Bertz CT molecular complexity index is 236. The average Bonchev–Trinajstić information content (AvgIpc) is 2.05. The summed E-state index contributed by atoms with van der Waals surface area (Å²) in [6, 6.07) is 10.2. The van der Waals surface area contributed by atoms with E-state index in [-0.39, 0.29) is 0 Å². The second-order valence-corrected chi connectivity index (χ2v) is 3.30. The first-order chi connectivity index (χ1) is 5.79. The molecule has 1 nitrogen and oxygen atoms in total. The van der Waals surface area contributed by atoms with Crippen molar-refractivity contribution < 1.29 is 0 Å². The molecule has 0 unspecified atom stereocenters. The van der Waals surface area contributed by atoms with Gasteiger partial charge in [-0.25, -0.2) is 0 Å². The first-order valence-corrected chi connectivity index (χ1v) is 4.34. The third-order valence-electron chi connectivity index (χ3n) is 1.51. The number of hydrogen-bond donors (Lipinski definition) is 0. The molecule has 0 aliphatic heterocycles. The molecule has 0 heterocycles. The van der Waals surface area contributed by atoms with Gasteiger partial charge in [0.1, 0.15) is 0 Å². The highest BCUT2D eigenvalue weighted by molar-refractivity contribution is 5.79. The maximum absolute atomic E-state index is 4.32. The molecule has 0 saturated carbocycles. The van der Waals surface area contributed by atoms with Gasteiger partial charge in [0.05, 0.1) is 0 Å². The highest BCUT2D eigenvalue weighted by atomic mass is 14.7. The van der Waals surface area contributed by atoms with E-state index in [0.29, 0.717) is 5.92 Å². The molecule has 0 radical (unpaired) electrons. The lowest BCUT2D eigenvalue weighted by atomic mass is 10.2. The number of nitrogens with zero attached hydrogens (tertiary/aromatic N) is 1. The third kappa shape index (κ3) is 3.33. The molecule has 0 atom stereocenters. The lowest BCUT2D eigenvalue weighted by molar-refractivity contribution is 0.667. The van der Waals surface area contributed by atoms with Crippen molar-refractivity contribution >= 4 is 6.21 Å². The molecule has 0 aromatic heterocycles. The summed E-state index contributed by atoms with van der Waals surface area (Å²) in [5, 5.41) is 0. The van der Waals surface area contributed by atoms with Gasteiger partial charge in [-0.2, -0.15) is 0 Å². The maximum atomic E-state index is 4.32. The summed E-state index contributed by atoms with van der Waals surface area (Å²) in [5.41, 5.74) is 1.18. The van der Waals surface area contributed by atoms with Gasteiger partial charge >= 0.3 is 0 Å². The molecule has 0 amide bonds. The quantitative estimate of drug-likeness (QED) is 0.604. The molecular weight excluding hydrogens is 146 g/mol. The van der Waals surface area contributed by atoms with Crippen molar-refractivity contribution in [2.24, 2.45) is 10.9 Å². The zero-order valence-electron chi connectivity index (χ0n) is 7.70. The summed E-state index contributed by atoms with van der Waals surface area (Å²) in [5.74, 6) is 0.643. The van der Waals surface area contributed by atoms with Crippen LogP contribution in [0.15, 0.2) is 35.3 Å². The van der Waals surface area contributed by atoms with Gasteiger partial charge in [0, 0.05) is 12.8 Å². The summed E-state index contributed by atoms with van der Waals surface area (Å²) in [7, 11) is 0. The van der Waals surface area contributed by atoms with Crippen LogP contribution in [-0.2, 0) is 0 Å². The highest BCUT2D eigenvalue weighted by Gasteiger charge is 1.88. The zero-order chi connectivity index (χ0) is 8.81. The van der Waals surface area contributed by atoms with E-state index in [1.54, 1.807) is 0 Å². The van der Waals surface area contributed by atoms with Crippen molar-refractivity contribution in [3.63, 3.8) is 0 Å². The Balaban J connectivity index is 2.47. The molecule has 1 rings (SSSR count). The molecule has 12 heavy (non-hydrogen) atoms. The van der Waals surface area contributed by atoms with E-state index in [9.17, 15) is 0 Å². The second-order valence-electron chi connectivity index (χ2n) is 3.30. The van der Waals surface area contributed by atoms with E-state index in [0.717, 1.165) is 6.54 Å². The standard InChI is InChI=1S/C11H15N/c1-10(2)8-12-9-11-6-4-3-5-7-11/h3-7,9-10H,8H2,1-2H3. The largest absolute Gasteiger partial charge is 0.292 e. The summed E-state index contributed by atoms with van der Waals surface area (Å²) >= 11 is 0. The SMILES string of the molecule is CC(C)CN=Cc1ccccc1. The van der Waals surface area contributed by atoms with Crippen LogP contribution in [0.5, 0.6) is 0 Å². The van der Waals surface area contributed by atoms with Gasteiger partial charge < -0.3 is 0 Å². The van der Waals surface area contributed by atoms with Crippen molar-refractivity contribution in [1.82, 2.24) is 0 Å². The van der Waals surface area contributed by atoms with E-state index in [1.807, 2.05) is 24.4 Å². The number of rotatable bonds is 3. The Hall–Kier alpha value is -1.11. The van der Waals surface area contributed by atoms with Gasteiger partial charge in [-0.1, -0.05) is 44.2 Å². The molecule has 0 aliphatic carbocycles. The molecule has 0 bridgehead atoms. The Morgan fingerprint density at radius 2 is 1.92 bits per heavy atom. The molecule has 0 N–H and O–H groups in total. The van der Waals surface area contributed by atoms with Crippen LogP contribution in [0.2, 0.25) is 0 Å². The minimum Gasteiger partial charge on any atom is -0.292 e. The summed E-state index contributed by atoms with van der Waals surface area (Å²) in [4.78, 5) is 4.32. The Labute approximate surface area is 74.2 Å². The highest BCUT2D eigenvalue weighted by Crippen LogP contribution is 1.96. The minimum absolute atomic E-state index is 0.643. The predicted molar refractivity (Wildman–Crippen MR) is 53.7 cm³/mol. The minimum atomic E-state index is 0.643. The van der Waals surface area contributed by atoms with E-state index in [1.165, 1.54) is 5.56 Å². The Kier molecular flexibility index (Phi) is 3.52. The summed E-state index contributed by atoms with van der Waals surface area (Å²) < 4.78 is 0. The predicted octanol–water partition coefficient (Wildman–Crippen LogP) is 2.76. The molecule has 0 aliphatic rings. The van der Waals surface area contributed by atoms with Crippen LogP contribution < -0.4 is 0 Å². The number of hydrogen-bond acceptors (Lipinski definition) is 1.